The topological polar surface area (TPSA) is 65.5 Å². The third-order valence-electron chi connectivity index (χ3n) is 2.50. The van der Waals surface area contributed by atoms with Crippen LogP contribution in [0.3, 0.4) is 0 Å². The number of carbonyl (C=O) groups excluding carboxylic acids is 1. The number of nitrogens with two attached hydrogens (primary N) is 1. The smallest absolute Gasteiger partial charge is 0.340 e. The molecule has 0 saturated carbocycles. The minimum Gasteiger partial charge on any atom is -0.464 e. The Hall–Kier alpha value is -2.30. The Morgan fingerprint density at radius 3 is 2.74 bits per heavy atom. The Kier molecular flexibility index (Phi) is 3.55. The first-order chi connectivity index (χ1) is 8.99. The van der Waals surface area contributed by atoms with Crippen molar-refractivity contribution in [2.24, 2.45) is 0 Å². The molecule has 0 aliphatic heterocycles. The van der Waals surface area contributed by atoms with Crippen LogP contribution >= 0.6 is 0 Å². The van der Waals surface area contributed by atoms with Gasteiger partial charge in [0.1, 0.15) is 11.6 Å². The molecule has 0 radical (unpaired) electrons. The monoisotopic (exact) mass is 263 g/mol. The van der Waals surface area contributed by atoms with E-state index in [4.69, 9.17) is 14.9 Å². The number of carbonyl (C=O) groups is 1. The van der Waals surface area contributed by atoms with Gasteiger partial charge in [-0.1, -0.05) is 0 Å². The van der Waals surface area contributed by atoms with Gasteiger partial charge in [0, 0.05) is 5.56 Å². The van der Waals surface area contributed by atoms with Crippen molar-refractivity contribution in [2.45, 2.75) is 20.0 Å². The number of furan rings is 1. The normalized spacial score (nSPS) is 10.7. The van der Waals surface area contributed by atoms with E-state index in [1.807, 2.05) is 0 Å². The molecular formula is C14H14FNO3. The van der Waals surface area contributed by atoms with Crippen LogP contribution in [-0.2, 0) is 4.74 Å². The maximum absolute atomic E-state index is 13.8. The van der Waals surface area contributed by atoms with Gasteiger partial charge in [-0.3, -0.25) is 0 Å². The van der Waals surface area contributed by atoms with Gasteiger partial charge < -0.3 is 14.9 Å². The fourth-order valence-corrected chi connectivity index (χ4v) is 1.65. The fourth-order valence-electron chi connectivity index (χ4n) is 1.65. The average Bonchev–Trinajstić information content (AvgIpc) is 2.85. The van der Waals surface area contributed by atoms with Crippen LogP contribution in [0.25, 0.3) is 11.3 Å². The van der Waals surface area contributed by atoms with Crippen molar-refractivity contribution in [2.75, 3.05) is 5.73 Å². The highest BCUT2D eigenvalue weighted by Crippen LogP contribution is 2.27. The SMILES string of the molecule is CC(C)OC(=O)c1cc(-c2ccco2)cc(F)c1N. The summed E-state index contributed by atoms with van der Waals surface area (Å²) in [4.78, 5) is 11.9. The van der Waals surface area contributed by atoms with E-state index >= 15 is 0 Å². The molecule has 0 aliphatic carbocycles. The molecule has 5 heteroatoms. The number of esters is 1. The Morgan fingerprint density at radius 1 is 1.42 bits per heavy atom. The highest BCUT2D eigenvalue weighted by atomic mass is 19.1. The van der Waals surface area contributed by atoms with Gasteiger partial charge in [0.25, 0.3) is 0 Å². The molecule has 2 aromatic rings. The molecule has 1 aromatic carbocycles. The highest BCUT2D eigenvalue weighted by molar-refractivity contribution is 5.96. The van der Waals surface area contributed by atoms with Crippen LogP contribution in [-0.4, -0.2) is 12.1 Å². The third kappa shape index (κ3) is 2.76. The highest BCUT2D eigenvalue weighted by Gasteiger charge is 2.18. The van der Waals surface area contributed by atoms with Gasteiger partial charge in [-0.15, -0.1) is 0 Å². The van der Waals surface area contributed by atoms with Crippen molar-refractivity contribution in [3.05, 3.63) is 41.9 Å². The van der Waals surface area contributed by atoms with Gasteiger partial charge in [-0.05, 0) is 38.1 Å². The van der Waals surface area contributed by atoms with Gasteiger partial charge in [0.2, 0.25) is 0 Å². The summed E-state index contributed by atoms with van der Waals surface area (Å²) in [7, 11) is 0. The number of halogens is 1. The lowest BCUT2D eigenvalue weighted by molar-refractivity contribution is 0.0379. The minimum absolute atomic E-state index is 0.0000926. The molecule has 4 nitrogen and oxygen atoms in total. The van der Waals surface area contributed by atoms with E-state index in [0.29, 0.717) is 11.3 Å². The summed E-state index contributed by atoms with van der Waals surface area (Å²) < 4.78 is 24.0. The molecule has 19 heavy (non-hydrogen) atoms. The largest absolute Gasteiger partial charge is 0.464 e. The van der Waals surface area contributed by atoms with Gasteiger partial charge in [-0.25, -0.2) is 9.18 Å². The molecule has 2 rings (SSSR count). The lowest BCUT2D eigenvalue weighted by atomic mass is 10.1. The quantitative estimate of drug-likeness (QED) is 0.682. The molecule has 100 valence electrons. The number of hydrogen-bond donors (Lipinski definition) is 1. The first-order valence-corrected chi connectivity index (χ1v) is 5.83. The third-order valence-corrected chi connectivity index (χ3v) is 2.50. The van der Waals surface area contributed by atoms with Gasteiger partial charge in [0.05, 0.1) is 23.6 Å². The average molecular weight is 263 g/mol. The van der Waals surface area contributed by atoms with Crippen molar-refractivity contribution < 1.29 is 18.3 Å². The molecule has 1 aromatic heterocycles. The van der Waals surface area contributed by atoms with E-state index in [1.54, 1.807) is 26.0 Å². The van der Waals surface area contributed by atoms with Crippen molar-refractivity contribution in [1.82, 2.24) is 0 Å². The van der Waals surface area contributed by atoms with E-state index in [0.717, 1.165) is 0 Å². The van der Waals surface area contributed by atoms with Crippen LogP contribution in [0.1, 0.15) is 24.2 Å². The number of hydrogen-bond acceptors (Lipinski definition) is 4. The van der Waals surface area contributed by atoms with Crippen LogP contribution in [0.5, 0.6) is 0 Å². The molecular weight excluding hydrogens is 249 g/mol. The first-order valence-electron chi connectivity index (χ1n) is 5.83. The maximum Gasteiger partial charge on any atom is 0.340 e. The summed E-state index contributed by atoms with van der Waals surface area (Å²) in [6.07, 6.45) is 1.16. The molecule has 0 bridgehead atoms. The Labute approximate surface area is 110 Å². The summed E-state index contributed by atoms with van der Waals surface area (Å²) in [5.74, 6) is -0.873. The predicted octanol–water partition coefficient (Wildman–Crippen LogP) is 3.23. The lowest BCUT2D eigenvalue weighted by Crippen LogP contribution is -2.14. The summed E-state index contributed by atoms with van der Waals surface area (Å²) in [6.45, 7) is 3.42. The zero-order chi connectivity index (χ0) is 14.0. The number of nitrogen functional groups attached to an aromatic ring is 1. The minimum atomic E-state index is -0.676. The molecule has 0 saturated heterocycles. The van der Waals surface area contributed by atoms with Crippen molar-refractivity contribution >= 4 is 11.7 Å². The predicted molar refractivity (Wildman–Crippen MR) is 69.1 cm³/mol. The molecule has 1 heterocycles. The van der Waals surface area contributed by atoms with E-state index in [2.05, 4.69) is 0 Å². The van der Waals surface area contributed by atoms with Crippen LogP contribution in [0.2, 0.25) is 0 Å². The van der Waals surface area contributed by atoms with Crippen molar-refractivity contribution in [1.29, 1.82) is 0 Å². The number of anilines is 1. The summed E-state index contributed by atoms with van der Waals surface area (Å²) >= 11 is 0. The van der Waals surface area contributed by atoms with Crippen LogP contribution < -0.4 is 5.73 Å². The Morgan fingerprint density at radius 2 is 2.16 bits per heavy atom. The number of ether oxygens (including phenoxy) is 1. The molecule has 0 amide bonds. The fraction of sp³-hybridized carbons (Fsp3) is 0.214. The van der Waals surface area contributed by atoms with E-state index < -0.39 is 11.8 Å². The first kappa shape index (κ1) is 13.1. The second-order valence-corrected chi connectivity index (χ2v) is 4.35. The van der Waals surface area contributed by atoms with Crippen molar-refractivity contribution in [3.63, 3.8) is 0 Å². The van der Waals surface area contributed by atoms with Crippen molar-refractivity contribution in [3.8, 4) is 11.3 Å². The van der Waals surface area contributed by atoms with E-state index in [1.165, 1.54) is 18.4 Å². The number of rotatable bonds is 3. The van der Waals surface area contributed by atoms with Gasteiger partial charge >= 0.3 is 5.97 Å². The van der Waals surface area contributed by atoms with Crippen LogP contribution in [0, 0.1) is 5.82 Å². The molecule has 0 aliphatic rings. The van der Waals surface area contributed by atoms with Crippen LogP contribution in [0.4, 0.5) is 10.1 Å². The molecule has 0 unspecified atom stereocenters. The summed E-state index contributed by atoms with van der Waals surface area (Å²) in [5.41, 5.74) is 5.79. The summed E-state index contributed by atoms with van der Waals surface area (Å²) in [6, 6.07) is 6.03. The molecule has 0 atom stereocenters. The van der Waals surface area contributed by atoms with E-state index in [-0.39, 0.29) is 17.4 Å². The second kappa shape index (κ2) is 5.14. The Bertz CT molecular complexity index is 591. The molecule has 2 N–H and O–H groups in total. The Balaban J connectivity index is 2.46. The van der Waals surface area contributed by atoms with Gasteiger partial charge in [0.15, 0.2) is 0 Å². The zero-order valence-corrected chi connectivity index (χ0v) is 10.6. The molecule has 0 fully saturated rings. The van der Waals surface area contributed by atoms with Crippen LogP contribution in [0.15, 0.2) is 34.9 Å². The lowest BCUT2D eigenvalue weighted by Gasteiger charge is -2.11. The second-order valence-electron chi connectivity index (χ2n) is 4.35. The van der Waals surface area contributed by atoms with Gasteiger partial charge in [-0.2, -0.15) is 0 Å². The number of benzene rings is 1. The molecule has 0 spiro atoms. The van der Waals surface area contributed by atoms with E-state index in [9.17, 15) is 9.18 Å². The maximum atomic E-state index is 13.8. The zero-order valence-electron chi connectivity index (χ0n) is 10.6. The summed E-state index contributed by atoms with van der Waals surface area (Å²) in [5, 5.41) is 0. The standard InChI is InChI=1S/C14H14FNO3/c1-8(2)19-14(17)10-6-9(7-11(15)13(10)16)12-4-3-5-18-12/h3-8H,16H2,1-2H3.